The zero-order valence-electron chi connectivity index (χ0n) is 18.0. The van der Waals surface area contributed by atoms with Gasteiger partial charge in [-0.15, -0.1) is 0 Å². The summed E-state index contributed by atoms with van der Waals surface area (Å²) in [5, 5.41) is 7.41. The highest BCUT2D eigenvalue weighted by Crippen LogP contribution is 2.24. The Morgan fingerprint density at radius 2 is 2.07 bits per heavy atom. The van der Waals surface area contributed by atoms with E-state index in [1.54, 1.807) is 0 Å². The van der Waals surface area contributed by atoms with Crippen LogP contribution in [0, 0.1) is 12.8 Å². The minimum Gasteiger partial charge on any atom is -0.354 e. The molecule has 0 saturated carbocycles. The fraction of sp³-hybridized carbons (Fsp3) is 0.609. The molecule has 7 nitrogen and oxygen atoms in total. The number of hydrogen-bond acceptors (Lipinski definition) is 5. The summed E-state index contributed by atoms with van der Waals surface area (Å²) in [6.07, 6.45) is 12.2. The van der Waals surface area contributed by atoms with Gasteiger partial charge in [0.2, 0.25) is 5.91 Å². The summed E-state index contributed by atoms with van der Waals surface area (Å²) in [5.74, 6) is 0.323. The van der Waals surface area contributed by atoms with Crippen LogP contribution in [-0.4, -0.2) is 69.2 Å². The van der Waals surface area contributed by atoms with E-state index in [9.17, 15) is 4.79 Å². The van der Waals surface area contributed by atoms with Gasteiger partial charge in [-0.25, -0.2) is 0 Å². The van der Waals surface area contributed by atoms with Gasteiger partial charge in [-0.1, -0.05) is 6.07 Å². The molecule has 4 heterocycles. The van der Waals surface area contributed by atoms with Gasteiger partial charge >= 0.3 is 0 Å². The van der Waals surface area contributed by atoms with E-state index in [0.717, 1.165) is 57.7 Å². The Labute approximate surface area is 179 Å². The highest BCUT2D eigenvalue weighted by Gasteiger charge is 2.31. The molecule has 2 aliphatic heterocycles. The van der Waals surface area contributed by atoms with Crippen LogP contribution >= 0.6 is 0 Å². The highest BCUT2D eigenvalue weighted by atomic mass is 16.1. The highest BCUT2D eigenvalue weighted by molar-refractivity contribution is 5.78. The first kappa shape index (κ1) is 21.0. The van der Waals surface area contributed by atoms with Crippen molar-refractivity contribution < 1.29 is 4.79 Å². The Kier molecular flexibility index (Phi) is 7.12. The summed E-state index contributed by atoms with van der Waals surface area (Å²) in [6, 6.07) is 4.77. The molecule has 1 N–H and O–H groups in total. The van der Waals surface area contributed by atoms with Gasteiger partial charge < -0.3 is 5.32 Å². The van der Waals surface area contributed by atoms with Gasteiger partial charge in [0, 0.05) is 44.3 Å². The molecule has 2 aliphatic rings. The third kappa shape index (κ3) is 5.67. The number of nitrogens with one attached hydrogen (secondary N) is 1. The molecule has 1 atom stereocenters. The van der Waals surface area contributed by atoms with Crippen LogP contribution in [0.3, 0.4) is 0 Å². The average molecular weight is 411 g/mol. The lowest BCUT2D eigenvalue weighted by atomic mass is 9.93. The number of amides is 1. The van der Waals surface area contributed by atoms with E-state index in [2.05, 4.69) is 31.3 Å². The van der Waals surface area contributed by atoms with Gasteiger partial charge in [0.15, 0.2) is 0 Å². The predicted octanol–water partition coefficient (Wildman–Crippen LogP) is 2.08. The molecule has 162 valence electrons. The first-order valence-electron chi connectivity index (χ1n) is 11.3. The van der Waals surface area contributed by atoms with E-state index in [1.165, 1.54) is 18.4 Å². The molecule has 7 heteroatoms. The standard InChI is InChI=1S/C23H34N6O/c1-19-14-26-29(16-19)13-9-25-23(30)21-5-3-10-28(18-21)22-6-11-27(12-7-22)17-20-4-2-8-24-15-20/h2,4,8,14-16,21-22H,3,5-7,9-13,17-18H2,1H3,(H,25,30)/t21-/m1/s1. The molecular formula is C23H34N6O. The van der Waals surface area contributed by atoms with Crippen molar-refractivity contribution in [1.29, 1.82) is 0 Å². The molecule has 1 amide bonds. The van der Waals surface area contributed by atoms with E-state index in [4.69, 9.17) is 0 Å². The monoisotopic (exact) mass is 410 g/mol. The Bertz CT molecular complexity index is 799. The van der Waals surface area contributed by atoms with Crippen molar-refractivity contribution in [3.63, 3.8) is 0 Å². The third-order valence-electron chi connectivity index (χ3n) is 6.43. The summed E-state index contributed by atoms with van der Waals surface area (Å²) >= 11 is 0. The molecule has 0 spiro atoms. The molecule has 0 bridgehead atoms. The summed E-state index contributed by atoms with van der Waals surface area (Å²) in [7, 11) is 0. The molecule has 0 radical (unpaired) electrons. The van der Waals surface area contributed by atoms with Crippen molar-refractivity contribution in [2.75, 3.05) is 32.7 Å². The maximum Gasteiger partial charge on any atom is 0.224 e. The van der Waals surface area contributed by atoms with Crippen molar-refractivity contribution in [2.24, 2.45) is 5.92 Å². The minimum atomic E-state index is 0.117. The molecule has 2 fully saturated rings. The second-order valence-electron chi connectivity index (χ2n) is 8.77. The first-order chi connectivity index (χ1) is 14.7. The van der Waals surface area contributed by atoms with Crippen molar-refractivity contribution in [3.8, 4) is 0 Å². The summed E-state index contributed by atoms with van der Waals surface area (Å²) < 4.78 is 1.89. The zero-order chi connectivity index (χ0) is 20.8. The van der Waals surface area contributed by atoms with Crippen LogP contribution in [0.1, 0.15) is 36.8 Å². The van der Waals surface area contributed by atoms with E-state index in [-0.39, 0.29) is 11.8 Å². The maximum atomic E-state index is 12.7. The van der Waals surface area contributed by atoms with E-state index >= 15 is 0 Å². The van der Waals surface area contributed by atoms with Crippen LogP contribution in [0.4, 0.5) is 0 Å². The van der Waals surface area contributed by atoms with Crippen LogP contribution in [0.25, 0.3) is 0 Å². The van der Waals surface area contributed by atoms with Gasteiger partial charge in [-0.3, -0.25) is 24.3 Å². The topological polar surface area (TPSA) is 66.3 Å². The molecule has 30 heavy (non-hydrogen) atoms. The van der Waals surface area contributed by atoms with Gasteiger partial charge in [-0.2, -0.15) is 5.10 Å². The Balaban J connectivity index is 1.19. The molecule has 0 unspecified atom stereocenters. The molecule has 2 saturated heterocycles. The van der Waals surface area contributed by atoms with E-state index in [1.807, 2.05) is 42.5 Å². The summed E-state index contributed by atoms with van der Waals surface area (Å²) in [4.78, 5) is 22.0. The Morgan fingerprint density at radius 3 is 2.80 bits per heavy atom. The lowest BCUT2D eigenvalue weighted by Gasteiger charge is -2.42. The first-order valence-corrected chi connectivity index (χ1v) is 11.3. The molecule has 0 aliphatic carbocycles. The summed E-state index contributed by atoms with van der Waals surface area (Å²) in [5.41, 5.74) is 2.44. The smallest absolute Gasteiger partial charge is 0.224 e. The predicted molar refractivity (Wildman–Crippen MR) is 117 cm³/mol. The number of aromatic nitrogens is 3. The number of nitrogens with zero attached hydrogens (tertiary/aromatic N) is 5. The fourth-order valence-electron chi connectivity index (χ4n) is 4.77. The molecule has 2 aromatic rings. The Hall–Kier alpha value is -2.25. The number of carbonyl (C=O) groups excluding carboxylic acids is 1. The normalized spacial score (nSPS) is 21.6. The van der Waals surface area contributed by atoms with Gasteiger partial charge in [0.25, 0.3) is 0 Å². The number of rotatable bonds is 7. The maximum absolute atomic E-state index is 12.7. The average Bonchev–Trinajstić information content (AvgIpc) is 3.20. The van der Waals surface area contributed by atoms with Crippen LogP contribution in [0.15, 0.2) is 36.9 Å². The minimum absolute atomic E-state index is 0.117. The third-order valence-corrected chi connectivity index (χ3v) is 6.43. The second-order valence-corrected chi connectivity index (χ2v) is 8.77. The lowest BCUT2D eigenvalue weighted by molar-refractivity contribution is -0.127. The van der Waals surface area contributed by atoms with Crippen molar-refractivity contribution in [1.82, 2.24) is 29.9 Å². The number of hydrogen-bond donors (Lipinski definition) is 1. The number of aryl methyl sites for hydroxylation is 1. The van der Waals surface area contributed by atoms with Crippen LogP contribution in [-0.2, 0) is 17.9 Å². The van der Waals surface area contributed by atoms with Crippen LogP contribution < -0.4 is 5.32 Å². The molecular weight excluding hydrogens is 376 g/mol. The summed E-state index contributed by atoms with van der Waals surface area (Å²) in [6.45, 7) is 8.66. The van der Waals surface area contributed by atoms with E-state index < -0.39 is 0 Å². The molecule has 0 aromatic carbocycles. The van der Waals surface area contributed by atoms with Gasteiger partial charge in [0.1, 0.15) is 0 Å². The molecule has 4 rings (SSSR count). The number of likely N-dealkylation sites (tertiary alicyclic amines) is 2. The lowest BCUT2D eigenvalue weighted by Crippen LogP contribution is -2.50. The SMILES string of the molecule is Cc1cnn(CCNC(=O)[C@@H]2CCCN(C3CCN(Cc4cccnc4)CC3)C2)c1. The quantitative estimate of drug-likeness (QED) is 0.757. The largest absolute Gasteiger partial charge is 0.354 e. The van der Waals surface area contributed by atoms with Gasteiger partial charge in [-0.05, 0) is 69.4 Å². The fourth-order valence-corrected chi connectivity index (χ4v) is 4.77. The van der Waals surface area contributed by atoms with E-state index in [0.29, 0.717) is 12.6 Å². The van der Waals surface area contributed by atoms with Crippen LogP contribution in [0.2, 0.25) is 0 Å². The van der Waals surface area contributed by atoms with Gasteiger partial charge in [0.05, 0.1) is 18.7 Å². The zero-order valence-corrected chi connectivity index (χ0v) is 18.0. The van der Waals surface area contributed by atoms with Crippen molar-refractivity contribution in [3.05, 3.63) is 48.0 Å². The second kappa shape index (κ2) is 10.2. The van der Waals surface area contributed by atoms with Crippen LogP contribution in [0.5, 0.6) is 0 Å². The van der Waals surface area contributed by atoms with Crippen molar-refractivity contribution >= 4 is 5.91 Å². The molecule has 2 aromatic heterocycles. The number of carbonyl (C=O) groups is 1. The van der Waals surface area contributed by atoms with Crippen molar-refractivity contribution in [2.45, 2.75) is 51.7 Å². The number of pyridine rings is 1. The Morgan fingerprint density at radius 1 is 1.20 bits per heavy atom. The number of piperidine rings is 2.